The molecule has 0 atom stereocenters. The van der Waals surface area contributed by atoms with Crippen LogP contribution in [0.5, 0.6) is 0 Å². The molecule has 0 radical (unpaired) electrons. The summed E-state index contributed by atoms with van der Waals surface area (Å²) in [5.74, 6) is -0.0254. The summed E-state index contributed by atoms with van der Waals surface area (Å²) in [4.78, 5) is 18.9. The summed E-state index contributed by atoms with van der Waals surface area (Å²) in [7, 11) is 0. The van der Waals surface area contributed by atoms with Crippen LogP contribution in [0.1, 0.15) is 10.4 Å². The maximum absolute atomic E-state index is 12.6. The molecule has 0 fully saturated rings. The van der Waals surface area contributed by atoms with E-state index in [4.69, 9.17) is 0 Å². The molecule has 0 aliphatic carbocycles. The second-order valence-corrected chi connectivity index (χ2v) is 6.07. The van der Waals surface area contributed by atoms with Crippen LogP contribution in [0.4, 0.5) is 0 Å². The van der Waals surface area contributed by atoms with Crippen molar-refractivity contribution >= 4 is 27.5 Å². The molecule has 3 rings (SSSR count). The zero-order chi connectivity index (χ0) is 16.2. The van der Waals surface area contributed by atoms with Crippen LogP contribution in [0.15, 0.2) is 68.0 Å². The van der Waals surface area contributed by atoms with E-state index in [0.29, 0.717) is 18.7 Å². The lowest BCUT2D eigenvalue weighted by molar-refractivity contribution is 0.0791. The fourth-order valence-corrected chi connectivity index (χ4v) is 3.32. The molecular weight excluding hydrogens is 306 g/mol. The molecule has 0 spiro atoms. The number of carbonyl (C=O) groups excluding carboxylic acids is 1. The van der Waals surface area contributed by atoms with Gasteiger partial charge < -0.3 is 9.47 Å². The van der Waals surface area contributed by atoms with Gasteiger partial charge in [-0.1, -0.05) is 23.5 Å². The van der Waals surface area contributed by atoms with Gasteiger partial charge in [-0.2, -0.15) is 0 Å². The van der Waals surface area contributed by atoms with E-state index < -0.39 is 0 Å². The number of carbonyl (C=O) groups is 1. The highest BCUT2D eigenvalue weighted by molar-refractivity contribution is 7.20. The molecule has 0 saturated heterocycles. The summed E-state index contributed by atoms with van der Waals surface area (Å²) >= 11 is 1.57. The van der Waals surface area contributed by atoms with Crippen molar-refractivity contribution in [1.29, 1.82) is 0 Å². The molecule has 0 aliphatic rings. The summed E-state index contributed by atoms with van der Waals surface area (Å²) in [6, 6.07) is 9.55. The third-order valence-electron chi connectivity index (χ3n) is 3.44. The Morgan fingerprint density at radius 1 is 1.22 bits per heavy atom. The van der Waals surface area contributed by atoms with Gasteiger partial charge in [0.1, 0.15) is 0 Å². The van der Waals surface area contributed by atoms with Gasteiger partial charge in [-0.3, -0.25) is 4.79 Å². The first kappa shape index (κ1) is 15.2. The van der Waals surface area contributed by atoms with Gasteiger partial charge in [0.2, 0.25) is 0 Å². The van der Waals surface area contributed by atoms with Gasteiger partial charge >= 0.3 is 0 Å². The number of rotatable bonds is 6. The van der Waals surface area contributed by atoms with E-state index in [1.807, 2.05) is 47.3 Å². The van der Waals surface area contributed by atoms with Crippen molar-refractivity contribution in [3.63, 3.8) is 0 Å². The van der Waals surface area contributed by atoms with Gasteiger partial charge in [-0.05, 0) is 30.3 Å². The lowest BCUT2D eigenvalue weighted by Gasteiger charge is -2.19. The SMILES string of the molecule is C=CCN(CC=C)C(=O)c1ccc2nc(-n3cccc3)sc2c1. The van der Waals surface area contributed by atoms with Crippen molar-refractivity contribution in [2.75, 3.05) is 13.1 Å². The van der Waals surface area contributed by atoms with Crippen LogP contribution < -0.4 is 0 Å². The number of amides is 1. The minimum atomic E-state index is -0.0254. The molecule has 2 heterocycles. The molecule has 0 bridgehead atoms. The lowest BCUT2D eigenvalue weighted by atomic mass is 10.2. The Bertz CT molecular complexity index is 838. The van der Waals surface area contributed by atoms with Crippen LogP contribution in [-0.4, -0.2) is 33.4 Å². The first-order valence-electron chi connectivity index (χ1n) is 7.28. The summed E-state index contributed by atoms with van der Waals surface area (Å²) in [5.41, 5.74) is 1.55. The van der Waals surface area contributed by atoms with Gasteiger partial charge in [0, 0.05) is 31.0 Å². The van der Waals surface area contributed by atoms with E-state index in [1.165, 1.54) is 0 Å². The molecule has 5 heteroatoms. The Morgan fingerprint density at radius 3 is 2.57 bits per heavy atom. The number of benzene rings is 1. The number of thiazole rings is 1. The molecule has 4 nitrogen and oxygen atoms in total. The monoisotopic (exact) mass is 323 g/mol. The number of fused-ring (bicyclic) bond motifs is 1. The maximum atomic E-state index is 12.6. The Kier molecular flexibility index (Phi) is 4.39. The van der Waals surface area contributed by atoms with Gasteiger partial charge in [-0.25, -0.2) is 4.98 Å². The fraction of sp³-hybridized carbons (Fsp3) is 0.111. The quantitative estimate of drug-likeness (QED) is 0.645. The molecule has 1 amide bonds. The Hall–Kier alpha value is -2.66. The van der Waals surface area contributed by atoms with Crippen LogP contribution in [-0.2, 0) is 0 Å². The van der Waals surface area contributed by atoms with E-state index in [0.717, 1.165) is 15.3 Å². The number of nitrogens with zero attached hydrogens (tertiary/aromatic N) is 3. The maximum Gasteiger partial charge on any atom is 0.254 e. The highest BCUT2D eigenvalue weighted by atomic mass is 32.1. The number of hydrogen-bond donors (Lipinski definition) is 0. The third-order valence-corrected chi connectivity index (χ3v) is 4.47. The second-order valence-electron chi connectivity index (χ2n) is 5.06. The van der Waals surface area contributed by atoms with Crippen LogP contribution in [0.2, 0.25) is 0 Å². The highest BCUT2D eigenvalue weighted by Gasteiger charge is 2.15. The van der Waals surface area contributed by atoms with Crippen molar-refractivity contribution in [2.45, 2.75) is 0 Å². The van der Waals surface area contributed by atoms with Crippen LogP contribution >= 0.6 is 11.3 Å². The second kappa shape index (κ2) is 6.62. The van der Waals surface area contributed by atoms with Crippen LogP contribution in [0, 0.1) is 0 Å². The first-order valence-corrected chi connectivity index (χ1v) is 8.09. The summed E-state index contributed by atoms with van der Waals surface area (Å²) < 4.78 is 2.96. The van der Waals surface area contributed by atoms with E-state index >= 15 is 0 Å². The average molecular weight is 323 g/mol. The molecule has 0 unspecified atom stereocenters. The third kappa shape index (κ3) is 3.10. The van der Waals surface area contributed by atoms with Crippen molar-refractivity contribution in [3.8, 4) is 5.13 Å². The van der Waals surface area contributed by atoms with Gasteiger partial charge in [0.15, 0.2) is 5.13 Å². The van der Waals surface area contributed by atoms with Crippen molar-refractivity contribution < 1.29 is 4.79 Å². The van der Waals surface area contributed by atoms with E-state index in [2.05, 4.69) is 18.1 Å². The summed E-state index contributed by atoms with van der Waals surface area (Å²) in [6.07, 6.45) is 7.35. The van der Waals surface area contributed by atoms with Gasteiger partial charge in [0.05, 0.1) is 10.2 Å². The predicted octanol–water partition coefficient (Wildman–Crippen LogP) is 3.90. The van der Waals surface area contributed by atoms with Gasteiger partial charge in [0.25, 0.3) is 5.91 Å². The molecule has 2 aromatic heterocycles. The molecular formula is C18H17N3OS. The first-order chi connectivity index (χ1) is 11.2. The molecule has 3 aromatic rings. The Labute approximate surface area is 139 Å². The Balaban J connectivity index is 1.94. The van der Waals surface area contributed by atoms with Crippen LogP contribution in [0.3, 0.4) is 0 Å². The summed E-state index contributed by atoms with van der Waals surface area (Å²) in [5, 5.41) is 0.892. The van der Waals surface area contributed by atoms with Crippen molar-refractivity contribution in [2.24, 2.45) is 0 Å². The van der Waals surface area contributed by atoms with Crippen LogP contribution in [0.25, 0.3) is 15.3 Å². The Morgan fingerprint density at radius 2 is 1.91 bits per heavy atom. The lowest BCUT2D eigenvalue weighted by Crippen LogP contribution is -2.31. The molecule has 0 aliphatic heterocycles. The molecule has 0 N–H and O–H groups in total. The molecule has 116 valence electrons. The zero-order valence-corrected chi connectivity index (χ0v) is 13.5. The normalized spacial score (nSPS) is 10.6. The minimum Gasteiger partial charge on any atom is -0.331 e. The highest BCUT2D eigenvalue weighted by Crippen LogP contribution is 2.26. The largest absolute Gasteiger partial charge is 0.331 e. The van der Waals surface area contributed by atoms with E-state index in [-0.39, 0.29) is 5.91 Å². The van der Waals surface area contributed by atoms with E-state index in [9.17, 15) is 4.79 Å². The van der Waals surface area contributed by atoms with Crippen molar-refractivity contribution in [3.05, 3.63) is 73.6 Å². The topological polar surface area (TPSA) is 38.1 Å². The fourth-order valence-electron chi connectivity index (χ4n) is 2.35. The molecule has 0 saturated carbocycles. The van der Waals surface area contributed by atoms with E-state index in [1.54, 1.807) is 28.4 Å². The van der Waals surface area contributed by atoms with Gasteiger partial charge in [-0.15, -0.1) is 13.2 Å². The number of aromatic nitrogens is 2. The minimum absolute atomic E-state index is 0.0254. The number of hydrogen-bond acceptors (Lipinski definition) is 3. The standard InChI is InChI=1S/C18H17N3OS/c1-3-9-20(10-4-2)17(22)14-7-8-15-16(13-14)23-18(19-15)21-11-5-6-12-21/h3-8,11-13H,1-2,9-10H2. The average Bonchev–Trinajstić information content (AvgIpc) is 3.22. The summed E-state index contributed by atoms with van der Waals surface area (Å²) in [6.45, 7) is 8.40. The van der Waals surface area contributed by atoms with Crippen molar-refractivity contribution in [1.82, 2.24) is 14.5 Å². The smallest absolute Gasteiger partial charge is 0.254 e. The molecule has 23 heavy (non-hydrogen) atoms. The predicted molar refractivity (Wildman–Crippen MR) is 95.2 cm³/mol. The molecule has 1 aromatic carbocycles. The zero-order valence-electron chi connectivity index (χ0n) is 12.7.